The number of aliphatic hydroxyl groups excluding tert-OH is 3. The lowest BCUT2D eigenvalue weighted by atomic mass is 9.82. The molecule has 0 bridgehead atoms. The van der Waals surface area contributed by atoms with E-state index >= 15 is 0 Å². The first-order valence-corrected chi connectivity index (χ1v) is 20.6. The van der Waals surface area contributed by atoms with E-state index < -0.39 is 116 Å². The minimum atomic E-state index is -1.45. The van der Waals surface area contributed by atoms with Crippen LogP contribution in [0.1, 0.15) is 99.8 Å². The molecule has 0 amide bonds. The van der Waals surface area contributed by atoms with Crippen molar-refractivity contribution in [2.24, 2.45) is 11.8 Å². The van der Waals surface area contributed by atoms with E-state index in [0.29, 0.717) is 19.1 Å². The van der Waals surface area contributed by atoms with E-state index in [0.717, 1.165) is 0 Å². The van der Waals surface area contributed by atoms with Gasteiger partial charge >= 0.3 is 17.9 Å². The fourth-order valence-corrected chi connectivity index (χ4v) is 8.07. The molecule has 2 saturated heterocycles. The van der Waals surface area contributed by atoms with E-state index in [1.807, 2.05) is 19.9 Å². The number of aldehydes is 1. The van der Waals surface area contributed by atoms with Crippen LogP contribution in [0.15, 0.2) is 24.3 Å². The van der Waals surface area contributed by atoms with Crippen molar-refractivity contribution in [2.45, 2.75) is 185 Å². The summed E-state index contributed by atoms with van der Waals surface area (Å²) in [4.78, 5) is 52.1. The first-order valence-electron chi connectivity index (χ1n) is 20.6. The minimum absolute atomic E-state index is 0.00608. The highest BCUT2D eigenvalue weighted by molar-refractivity contribution is 5.71. The molecule has 3 aliphatic heterocycles. The highest BCUT2D eigenvalue weighted by atomic mass is 16.7. The van der Waals surface area contributed by atoms with Crippen molar-refractivity contribution in [1.29, 1.82) is 0 Å². The van der Waals surface area contributed by atoms with Gasteiger partial charge in [0.15, 0.2) is 24.3 Å². The summed E-state index contributed by atoms with van der Waals surface area (Å²) in [6.45, 7) is 12.2. The molecule has 16 nitrogen and oxygen atoms in total. The Bertz CT molecular complexity index is 1380. The van der Waals surface area contributed by atoms with Crippen molar-refractivity contribution in [3.63, 3.8) is 0 Å². The van der Waals surface area contributed by atoms with Gasteiger partial charge in [-0.1, -0.05) is 45.1 Å². The van der Waals surface area contributed by atoms with Crippen LogP contribution >= 0.6 is 0 Å². The standard InChI is InChI=1S/C42H69NO15/c1-11-16-32(48)55-40-27(6)53-34(23-42(40,7)58-31(47)12-2)56-37-26(5)54-41(36(50)35(37)43(8)9)57-38-28(19-20-44)21-24(3)29(45)18-15-13-14-17-25(4)52-33(49)22-30(46)39(38)51-10/h13-15,18,20,24-30,34-41,45-46,50H,11-12,16-17,19,21-23H2,1-10H3/b14-13-,18-15-/t24-,25-,26-,27-,28+,29+,30-,34+,35-,36+,37+,38+,39-,40+,41+,42-/m0/s1. The average Bonchev–Trinajstić information content (AvgIpc) is 3.13. The minimum Gasteiger partial charge on any atom is -0.462 e. The number of nitrogens with zero attached hydrogens (tertiary/aromatic N) is 1. The molecule has 3 N–H and O–H groups in total. The summed E-state index contributed by atoms with van der Waals surface area (Å²) in [7, 11) is 4.85. The number of likely N-dealkylation sites (N-methyl/N-ethyl adjacent to an activating group) is 1. The molecule has 0 aromatic heterocycles. The molecule has 3 aliphatic rings. The normalized spacial score (nSPS) is 40.6. The topological polar surface area (TPSA) is 206 Å². The zero-order valence-corrected chi connectivity index (χ0v) is 35.9. The van der Waals surface area contributed by atoms with Crippen molar-refractivity contribution in [3.8, 4) is 0 Å². The first kappa shape index (κ1) is 49.6. The van der Waals surface area contributed by atoms with Crippen molar-refractivity contribution < 1.29 is 72.4 Å². The largest absolute Gasteiger partial charge is 0.462 e. The third-order valence-corrected chi connectivity index (χ3v) is 11.1. The lowest BCUT2D eigenvalue weighted by molar-refractivity contribution is -0.344. The van der Waals surface area contributed by atoms with Gasteiger partial charge in [0, 0.05) is 39.2 Å². The van der Waals surface area contributed by atoms with Gasteiger partial charge in [-0.2, -0.15) is 0 Å². The lowest BCUT2D eigenvalue weighted by Crippen LogP contribution is -2.66. The molecule has 0 radical (unpaired) electrons. The van der Waals surface area contributed by atoms with Crippen LogP contribution in [-0.4, -0.2) is 151 Å². The van der Waals surface area contributed by atoms with Crippen LogP contribution in [0, 0.1) is 11.8 Å². The highest BCUT2D eigenvalue weighted by Crippen LogP contribution is 2.39. The van der Waals surface area contributed by atoms with Crippen LogP contribution in [0.5, 0.6) is 0 Å². The molecule has 3 heterocycles. The summed E-state index contributed by atoms with van der Waals surface area (Å²) in [5.41, 5.74) is -1.30. The molecule has 0 saturated carbocycles. The molecule has 2 fully saturated rings. The van der Waals surface area contributed by atoms with Gasteiger partial charge < -0.3 is 62.9 Å². The zero-order valence-electron chi connectivity index (χ0n) is 35.9. The Balaban J connectivity index is 1.95. The number of esters is 3. The van der Waals surface area contributed by atoms with Gasteiger partial charge in [0.05, 0.1) is 43.0 Å². The summed E-state index contributed by atoms with van der Waals surface area (Å²) in [6, 6.07) is -0.783. The second kappa shape index (κ2) is 23.3. The number of hydrogen-bond donors (Lipinski definition) is 3. The second-order valence-electron chi connectivity index (χ2n) is 16.3. The van der Waals surface area contributed by atoms with Crippen molar-refractivity contribution >= 4 is 24.2 Å². The summed E-state index contributed by atoms with van der Waals surface area (Å²) < 4.78 is 48.8. The molecule has 0 aromatic carbocycles. The van der Waals surface area contributed by atoms with Gasteiger partial charge in [0.2, 0.25) is 0 Å². The van der Waals surface area contributed by atoms with Crippen LogP contribution in [0.2, 0.25) is 0 Å². The Morgan fingerprint density at radius 1 is 0.983 bits per heavy atom. The van der Waals surface area contributed by atoms with Crippen molar-refractivity contribution in [1.82, 2.24) is 4.90 Å². The molecule has 58 heavy (non-hydrogen) atoms. The van der Waals surface area contributed by atoms with Crippen LogP contribution in [0.25, 0.3) is 0 Å². The molecule has 0 spiro atoms. The maximum atomic E-state index is 12.9. The second-order valence-corrected chi connectivity index (χ2v) is 16.3. The Morgan fingerprint density at radius 3 is 2.31 bits per heavy atom. The smallest absolute Gasteiger partial charge is 0.308 e. The van der Waals surface area contributed by atoms with Crippen molar-refractivity contribution in [2.75, 3.05) is 21.2 Å². The van der Waals surface area contributed by atoms with E-state index in [4.69, 9.17) is 37.9 Å². The number of cyclic esters (lactones) is 1. The van der Waals surface area contributed by atoms with Gasteiger partial charge in [-0.25, -0.2) is 0 Å². The van der Waals surface area contributed by atoms with Crippen molar-refractivity contribution in [3.05, 3.63) is 24.3 Å². The molecule has 16 heteroatoms. The molecule has 0 aliphatic carbocycles. The number of carbonyl (C=O) groups excluding carboxylic acids is 4. The molecule has 332 valence electrons. The van der Waals surface area contributed by atoms with E-state index in [2.05, 4.69) is 0 Å². The van der Waals surface area contributed by atoms with E-state index in [9.17, 15) is 34.5 Å². The van der Waals surface area contributed by atoms with Gasteiger partial charge in [0.25, 0.3) is 0 Å². The highest BCUT2D eigenvalue weighted by Gasteiger charge is 2.54. The lowest BCUT2D eigenvalue weighted by Gasteiger charge is -2.50. The number of hydrogen-bond acceptors (Lipinski definition) is 16. The predicted octanol–water partition coefficient (Wildman–Crippen LogP) is 3.16. The van der Waals surface area contributed by atoms with Crippen LogP contribution in [0.3, 0.4) is 0 Å². The summed E-state index contributed by atoms with van der Waals surface area (Å²) in [5, 5.41) is 34.5. The van der Waals surface area contributed by atoms with Gasteiger partial charge in [-0.15, -0.1) is 0 Å². The number of methoxy groups -OCH3 is 1. The monoisotopic (exact) mass is 827 g/mol. The quantitative estimate of drug-likeness (QED) is 0.139. The number of aliphatic hydroxyl groups is 3. The number of carbonyl (C=O) groups is 4. The average molecular weight is 828 g/mol. The van der Waals surface area contributed by atoms with E-state index in [1.165, 1.54) is 7.11 Å². The Labute approximate surface area is 343 Å². The van der Waals surface area contributed by atoms with Crippen LogP contribution in [0.4, 0.5) is 0 Å². The molecule has 0 unspecified atom stereocenters. The third-order valence-electron chi connectivity index (χ3n) is 11.1. The molecule has 0 aromatic rings. The summed E-state index contributed by atoms with van der Waals surface area (Å²) in [5.74, 6) is -2.64. The fourth-order valence-electron chi connectivity index (χ4n) is 8.07. The van der Waals surface area contributed by atoms with Gasteiger partial charge in [-0.05, 0) is 66.5 Å². The van der Waals surface area contributed by atoms with Gasteiger partial charge in [-0.3, -0.25) is 14.4 Å². The SMILES string of the molecule is CCCC(=O)O[C@@H]1[C@H](C)O[C@H](O[C@H]2[C@@H](N(C)C)[C@@H](O)[C@@H](O[C@@H]3[C@H](CC=O)C[C@H](C)[C@H](O)/C=C\C=C/C[C@H](C)OC(=O)C[C@H](O)[C@@H]3OC)O[C@H]2C)C[C@]1(C)OC(=O)CC. The number of rotatable bonds is 13. The summed E-state index contributed by atoms with van der Waals surface area (Å²) in [6.07, 6.45) is -3.49. The Kier molecular flexibility index (Phi) is 19.9. The molecular formula is C42H69NO15. The maximum Gasteiger partial charge on any atom is 0.308 e. The molecular weight excluding hydrogens is 758 g/mol. The van der Waals surface area contributed by atoms with Gasteiger partial charge in [0.1, 0.15) is 30.7 Å². The Hall–Kier alpha value is -2.80. The summed E-state index contributed by atoms with van der Waals surface area (Å²) >= 11 is 0. The van der Waals surface area contributed by atoms with Crippen LogP contribution < -0.4 is 0 Å². The predicted molar refractivity (Wildman–Crippen MR) is 210 cm³/mol. The molecule has 16 atom stereocenters. The maximum absolute atomic E-state index is 12.9. The fraction of sp³-hybridized carbons (Fsp3) is 0.810. The van der Waals surface area contributed by atoms with E-state index in [-0.39, 0.29) is 38.0 Å². The number of allylic oxidation sites excluding steroid dienone is 2. The zero-order chi connectivity index (χ0) is 43.3. The molecule has 3 rings (SSSR count). The third kappa shape index (κ3) is 13.6. The van der Waals surface area contributed by atoms with Crippen LogP contribution in [-0.2, 0) is 57.1 Å². The Morgan fingerprint density at radius 2 is 1.69 bits per heavy atom. The van der Waals surface area contributed by atoms with E-state index in [1.54, 1.807) is 71.8 Å². The first-order chi connectivity index (χ1) is 27.4. The number of ether oxygens (including phenoxy) is 8.